The monoisotopic (exact) mass is 266 g/mol. The molecule has 8 heteroatoms. The lowest BCUT2D eigenvalue weighted by Crippen LogP contribution is -2.40. The Hall–Kier alpha value is -2.38. The standard InChI is InChI=1S/C11H18N6O2/c1-3-14-11-15-4-7(2)10(16-11)17(5-8(12)18)6-9(13)19/h4H,3,5-6H2,1-2H3,(H2,12,18)(H2,13,19)(H,14,15,16). The van der Waals surface area contributed by atoms with Crippen LogP contribution >= 0.6 is 0 Å². The van der Waals surface area contributed by atoms with Gasteiger partial charge >= 0.3 is 0 Å². The summed E-state index contributed by atoms with van der Waals surface area (Å²) >= 11 is 0. The summed E-state index contributed by atoms with van der Waals surface area (Å²) in [5.74, 6) is -0.251. The van der Waals surface area contributed by atoms with Crippen molar-refractivity contribution in [3.8, 4) is 0 Å². The smallest absolute Gasteiger partial charge is 0.237 e. The maximum atomic E-state index is 11.1. The van der Waals surface area contributed by atoms with Crippen LogP contribution in [0, 0.1) is 6.92 Å². The Morgan fingerprint density at radius 1 is 1.32 bits per heavy atom. The van der Waals surface area contributed by atoms with Gasteiger partial charge in [-0.05, 0) is 13.8 Å². The van der Waals surface area contributed by atoms with Crippen molar-refractivity contribution in [2.45, 2.75) is 13.8 Å². The fourth-order valence-corrected chi connectivity index (χ4v) is 1.58. The summed E-state index contributed by atoms with van der Waals surface area (Å²) in [6.07, 6.45) is 1.61. The number of carbonyl (C=O) groups excluding carboxylic acids is 2. The first-order valence-electron chi connectivity index (χ1n) is 5.83. The minimum absolute atomic E-state index is 0.133. The summed E-state index contributed by atoms with van der Waals surface area (Å²) < 4.78 is 0. The van der Waals surface area contributed by atoms with Crippen LogP contribution in [0.15, 0.2) is 6.20 Å². The average Bonchev–Trinajstić information content (AvgIpc) is 2.30. The molecule has 0 saturated carbocycles. The Labute approximate surface area is 111 Å². The normalized spacial score (nSPS) is 10.0. The van der Waals surface area contributed by atoms with Gasteiger partial charge in [-0.2, -0.15) is 4.98 Å². The van der Waals surface area contributed by atoms with Crippen molar-refractivity contribution in [1.82, 2.24) is 9.97 Å². The predicted octanol–water partition coefficient (Wildman–Crippen LogP) is -1.01. The third-order valence-electron chi connectivity index (χ3n) is 2.27. The van der Waals surface area contributed by atoms with E-state index in [1.807, 2.05) is 6.92 Å². The number of carbonyl (C=O) groups is 2. The molecule has 0 saturated heterocycles. The third-order valence-corrected chi connectivity index (χ3v) is 2.27. The second kappa shape index (κ2) is 6.53. The lowest BCUT2D eigenvalue weighted by atomic mass is 10.3. The molecule has 1 rings (SSSR count). The highest BCUT2D eigenvalue weighted by molar-refractivity contribution is 5.84. The maximum absolute atomic E-state index is 11.1. The van der Waals surface area contributed by atoms with E-state index >= 15 is 0 Å². The number of amides is 2. The van der Waals surface area contributed by atoms with Crippen molar-refractivity contribution in [2.24, 2.45) is 11.5 Å². The van der Waals surface area contributed by atoms with E-state index in [2.05, 4.69) is 15.3 Å². The molecule has 0 aliphatic heterocycles. The van der Waals surface area contributed by atoms with Crippen molar-refractivity contribution in [2.75, 3.05) is 29.9 Å². The van der Waals surface area contributed by atoms with E-state index < -0.39 is 11.8 Å². The molecule has 1 heterocycles. The summed E-state index contributed by atoms with van der Waals surface area (Å²) in [7, 11) is 0. The van der Waals surface area contributed by atoms with Crippen LogP contribution in [0.5, 0.6) is 0 Å². The lowest BCUT2D eigenvalue weighted by molar-refractivity contribution is -0.117. The van der Waals surface area contributed by atoms with Crippen molar-refractivity contribution < 1.29 is 9.59 Å². The zero-order valence-corrected chi connectivity index (χ0v) is 11.0. The predicted molar refractivity (Wildman–Crippen MR) is 71.5 cm³/mol. The molecule has 19 heavy (non-hydrogen) atoms. The highest BCUT2D eigenvalue weighted by Gasteiger charge is 2.16. The molecule has 8 nitrogen and oxygen atoms in total. The van der Waals surface area contributed by atoms with E-state index in [0.29, 0.717) is 18.3 Å². The topological polar surface area (TPSA) is 127 Å². The third kappa shape index (κ3) is 4.41. The van der Waals surface area contributed by atoms with Gasteiger partial charge in [0.05, 0.1) is 13.1 Å². The number of aromatic nitrogens is 2. The number of nitrogens with one attached hydrogen (secondary N) is 1. The first kappa shape index (κ1) is 14.7. The van der Waals surface area contributed by atoms with Gasteiger partial charge < -0.3 is 21.7 Å². The molecule has 104 valence electrons. The summed E-state index contributed by atoms with van der Waals surface area (Å²) in [6, 6.07) is 0. The first-order valence-corrected chi connectivity index (χ1v) is 5.83. The van der Waals surface area contributed by atoms with Crippen molar-refractivity contribution >= 4 is 23.6 Å². The highest BCUT2D eigenvalue weighted by atomic mass is 16.2. The van der Waals surface area contributed by atoms with Crippen molar-refractivity contribution in [1.29, 1.82) is 0 Å². The molecule has 0 aliphatic rings. The van der Waals surface area contributed by atoms with Gasteiger partial charge in [-0.25, -0.2) is 4.98 Å². The van der Waals surface area contributed by atoms with Gasteiger partial charge in [0.2, 0.25) is 17.8 Å². The molecule has 0 atom stereocenters. The zero-order valence-electron chi connectivity index (χ0n) is 11.0. The molecule has 0 aliphatic carbocycles. The Balaban J connectivity index is 3.08. The van der Waals surface area contributed by atoms with Gasteiger partial charge in [0.25, 0.3) is 0 Å². The summed E-state index contributed by atoms with van der Waals surface area (Å²) in [6.45, 7) is 4.08. The van der Waals surface area contributed by atoms with Crippen LogP contribution in [-0.4, -0.2) is 41.4 Å². The average molecular weight is 266 g/mol. The molecule has 0 radical (unpaired) electrons. The van der Waals surface area contributed by atoms with Gasteiger partial charge in [0.1, 0.15) is 5.82 Å². The summed E-state index contributed by atoms with van der Waals surface area (Å²) in [5, 5.41) is 2.96. The van der Waals surface area contributed by atoms with Crippen LogP contribution in [0.3, 0.4) is 0 Å². The van der Waals surface area contributed by atoms with E-state index in [-0.39, 0.29) is 13.1 Å². The van der Waals surface area contributed by atoms with Crippen LogP contribution in [0.2, 0.25) is 0 Å². The molecule has 2 amide bonds. The molecule has 1 aromatic heterocycles. The molecule has 1 aromatic rings. The second-order valence-corrected chi connectivity index (χ2v) is 4.02. The number of primary amides is 2. The molecule has 0 aromatic carbocycles. The number of hydrogen-bond acceptors (Lipinski definition) is 6. The fourth-order valence-electron chi connectivity index (χ4n) is 1.58. The van der Waals surface area contributed by atoms with Crippen molar-refractivity contribution in [3.05, 3.63) is 11.8 Å². The van der Waals surface area contributed by atoms with Gasteiger partial charge in [-0.15, -0.1) is 0 Å². The number of aryl methyl sites for hydroxylation is 1. The Morgan fingerprint density at radius 3 is 2.37 bits per heavy atom. The fraction of sp³-hybridized carbons (Fsp3) is 0.455. The Morgan fingerprint density at radius 2 is 1.89 bits per heavy atom. The lowest BCUT2D eigenvalue weighted by Gasteiger charge is -2.22. The quantitative estimate of drug-likeness (QED) is 0.580. The number of nitrogens with two attached hydrogens (primary N) is 2. The Bertz CT molecular complexity index is 460. The van der Waals surface area contributed by atoms with Crippen LogP contribution in [0.4, 0.5) is 11.8 Å². The summed E-state index contributed by atoms with van der Waals surface area (Å²) in [5.41, 5.74) is 11.0. The van der Waals surface area contributed by atoms with Crippen LogP contribution < -0.4 is 21.7 Å². The van der Waals surface area contributed by atoms with E-state index in [0.717, 1.165) is 5.56 Å². The van der Waals surface area contributed by atoms with E-state index in [4.69, 9.17) is 11.5 Å². The van der Waals surface area contributed by atoms with Crippen LogP contribution in [0.25, 0.3) is 0 Å². The minimum atomic E-state index is -0.565. The summed E-state index contributed by atoms with van der Waals surface area (Å²) in [4.78, 5) is 31.9. The van der Waals surface area contributed by atoms with Gasteiger partial charge in [-0.3, -0.25) is 9.59 Å². The van der Waals surface area contributed by atoms with E-state index in [1.165, 1.54) is 4.90 Å². The van der Waals surface area contributed by atoms with Gasteiger partial charge in [0, 0.05) is 18.3 Å². The van der Waals surface area contributed by atoms with Crippen LogP contribution in [-0.2, 0) is 9.59 Å². The molecular formula is C11H18N6O2. The molecule has 0 unspecified atom stereocenters. The first-order chi connectivity index (χ1) is 8.93. The van der Waals surface area contributed by atoms with E-state index in [9.17, 15) is 9.59 Å². The molecular weight excluding hydrogens is 248 g/mol. The SMILES string of the molecule is CCNc1ncc(C)c(N(CC(N)=O)CC(N)=O)n1. The number of rotatable bonds is 7. The molecule has 5 N–H and O–H groups in total. The minimum Gasteiger partial charge on any atom is -0.368 e. The van der Waals surface area contributed by atoms with Crippen molar-refractivity contribution in [3.63, 3.8) is 0 Å². The molecule has 0 fully saturated rings. The number of nitrogens with zero attached hydrogens (tertiary/aromatic N) is 3. The van der Waals surface area contributed by atoms with E-state index in [1.54, 1.807) is 13.1 Å². The second-order valence-electron chi connectivity index (χ2n) is 4.02. The van der Waals surface area contributed by atoms with Gasteiger partial charge in [0.15, 0.2) is 0 Å². The highest BCUT2D eigenvalue weighted by Crippen LogP contribution is 2.17. The van der Waals surface area contributed by atoms with Crippen LogP contribution in [0.1, 0.15) is 12.5 Å². The maximum Gasteiger partial charge on any atom is 0.237 e. The largest absolute Gasteiger partial charge is 0.368 e. The number of hydrogen-bond donors (Lipinski definition) is 3. The number of anilines is 2. The van der Waals surface area contributed by atoms with Gasteiger partial charge in [-0.1, -0.05) is 0 Å². The molecule has 0 bridgehead atoms. The Kier molecular flexibility index (Phi) is 5.04. The zero-order chi connectivity index (χ0) is 14.4. The molecule has 0 spiro atoms.